The van der Waals surface area contributed by atoms with Crippen LogP contribution in [0, 0.1) is 0 Å². The minimum absolute atomic E-state index is 0.00667. The lowest BCUT2D eigenvalue weighted by molar-refractivity contribution is -0.140. The van der Waals surface area contributed by atoms with Crippen molar-refractivity contribution in [2.24, 2.45) is 0 Å². The van der Waals surface area contributed by atoms with E-state index in [-0.39, 0.29) is 23.8 Å². The van der Waals surface area contributed by atoms with Crippen LogP contribution >= 0.6 is 11.8 Å². The van der Waals surface area contributed by atoms with E-state index in [1.54, 1.807) is 18.2 Å². The van der Waals surface area contributed by atoms with Crippen molar-refractivity contribution in [1.82, 2.24) is 14.9 Å². The lowest BCUT2D eigenvalue weighted by Gasteiger charge is -2.15. The molecular formula is C23H25N3O4S. The van der Waals surface area contributed by atoms with Crippen LogP contribution in [-0.2, 0) is 14.3 Å². The van der Waals surface area contributed by atoms with Gasteiger partial charge in [-0.25, -0.2) is 4.98 Å². The highest BCUT2D eigenvalue weighted by Crippen LogP contribution is 2.24. The third-order valence-electron chi connectivity index (χ3n) is 5.07. The zero-order valence-electron chi connectivity index (χ0n) is 17.8. The van der Waals surface area contributed by atoms with E-state index < -0.39 is 5.97 Å². The number of esters is 1. The monoisotopic (exact) mass is 439 g/mol. The van der Waals surface area contributed by atoms with E-state index in [2.05, 4.69) is 28.9 Å². The fourth-order valence-corrected chi connectivity index (χ4v) is 3.89. The van der Waals surface area contributed by atoms with Crippen molar-refractivity contribution in [3.05, 3.63) is 64.4 Å². The molecule has 162 valence electrons. The van der Waals surface area contributed by atoms with Gasteiger partial charge in [0.25, 0.3) is 5.56 Å². The molecule has 1 heterocycles. The highest BCUT2D eigenvalue weighted by molar-refractivity contribution is 7.99. The van der Waals surface area contributed by atoms with Gasteiger partial charge in [0.2, 0.25) is 5.91 Å². The summed E-state index contributed by atoms with van der Waals surface area (Å²) in [5.41, 5.74) is 2.26. The molecule has 0 aliphatic carbocycles. The number of hydrogen-bond donors (Lipinski definition) is 1. The van der Waals surface area contributed by atoms with Crippen LogP contribution in [0.15, 0.2) is 58.5 Å². The molecule has 0 saturated carbocycles. The van der Waals surface area contributed by atoms with Crippen molar-refractivity contribution in [3.63, 3.8) is 0 Å². The smallest absolute Gasteiger partial charge is 0.325 e. The fraction of sp³-hybridized carbons (Fsp3) is 0.304. The Bertz CT molecular complexity index is 1140. The molecule has 0 radical (unpaired) electrons. The summed E-state index contributed by atoms with van der Waals surface area (Å²) >= 11 is 1.14. The molecule has 1 N–H and O–H groups in total. The van der Waals surface area contributed by atoms with Crippen LogP contribution in [0.3, 0.4) is 0 Å². The van der Waals surface area contributed by atoms with E-state index in [1.807, 2.05) is 30.3 Å². The number of aromatic nitrogens is 2. The van der Waals surface area contributed by atoms with Crippen LogP contribution in [-0.4, -0.2) is 40.8 Å². The number of hydrogen-bond acceptors (Lipinski definition) is 6. The number of thioether (sulfide) groups is 1. The zero-order chi connectivity index (χ0) is 22.4. The Hall–Kier alpha value is -3.13. The number of nitrogens with zero attached hydrogens (tertiary/aromatic N) is 2. The number of methoxy groups -OCH3 is 1. The number of ether oxygens (including phenoxy) is 1. The number of fused-ring (bicyclic) bond motifs is 1. The molecule has 1 aromatic heterocycles. The Morgan fingerprint density at radius 1 is 1.16 bits per heavy atom. The lowest BCUT2D eigenvalue weighted by Crippen LogP contribution is -2.31. The third kappa shape index (κ3) is 5.32. The van der Waals surface area contributed by atoms with Crippen LogP contribution < -0.4 is 10.9 Å². The molecule has 1 amide bonds. The van der Waals surface area contributed by atoms with Gasteiger partial charge in [-0.2, -0.15) is 0 Å². The Labute approximate surface area is 184 Å². The van der Waals surface area contributed by atoms with Crippen molar-refractivity contribution in [1.29, 1.82) is 0 Å². The van der Waals surface area contributed by atoms with E-state index in [1.165, 1.54) is 17.2 Å². The van der Waals surface area contributed by atoms with Crippen LogP contribution in [0.1, 0.15) is 31.7 Å². The maximum absolute atomic E-state index is 13.3. The van der Waals surface area contributed by atoms with Crippen molar-refractivity contribution in [2.45, 2.75) is 31.3 Å². The van der Waals surface area contributed by atoms with Gasteiger partial charge in [0.1, 0.15) is 6.54 Å². The minimum Gasteiger partial charge on any atom is -0.468 e. The van der Waals surface area contributed by atoms with Crippen molar-refractivity contribution in [3.8, 4) is 5.69 Å². The Balaban J connectivity index is 1.95. The molecule has 0 aliphatic heterocycles. The second-order valence-electron chi connectivity index (χ2n) is 7.09. The van der Waals surface area contributed by atoms with Crippen molar-refractivity contribution < 1.29 is 14.3 Å². The second-order valence-corrected chi connectivity index (χ2v) is 8.04. The molecule has 0 aliphatic rings. The number of para-hydroxylation sites is 1. The Kier molecular flexibility index (Phi) is 7.46. The highest BCUT2D eigenvalue weighted by atomic mass is 32.2. The average molecular weight is 440 g/mol. The summed E-state index contributed by atoms with van der Waals surface area (Å²) in [5.74, 6) is -0.447. The van der Waals surface area contributed by atoms with Crippen LogP contribution in [0.4, 0.5) is 0 Å². The molecule has 0 fully saturated rings. The van der Waals surface area contributed by atoms with E-state index in [4.69, 9.17) is 0 Å². The van der Waals surface area contributed by atoms with Crippen molar-refractivity contribution in [2.75, 3.05) is 19.4 Å². The summed E-state index contributed by atoms with van der Waals surface area (Å²) in [6.07, 6.45) is 1.03. The Morgan fingerprint density at radius 3 is 2.55 bits per heavy atom. The predicted molar refractivity (Wildman–Crippen MR) is 122 cm³/mol. The van der Waals surface area contributed by atoms with Gasteiger partial charge < -0.3 is 10.1 Å². The first kappa shape index (κ1) is 22.6. The molecule has 3 rings (SSSR count). The average Bonchev–Trinajstić information content (AvgIpc) is 2.80. The van der Waals surface area contributed by atoms with Gasteiger partial charge >= 0.3 is 5.97 Å². The largest absolute Gasteiger partial charge is 0.468 e. The molecule has 31 heavy (non-hydrogen) atoms. The molecule has 7 nitrogen and oxygen atoms in total. The molecule has 1 unspecified atom stereocenters. The van der Waals surface area contributed by atoms with Gasteiger partial charge in [-0.05, 0) is 42.2 Å². The van der Waals surface area contributed by atoms with Gasteiger partial charge in [-0.1, -0.05) is 49.9 Å². The number of benzene rings is 2. The highest BCUT2D eigenvalue weighted by Gasteiger charge is 2.15. The molecule has 0 spiro atoms. The molecule has 2 aromatic carbocycles. The summed E-state index contributed by atoms with van der Waals surface area (Å²) in [4.78, 5) is 41.2. The van der Waals surface area contributed by atoms with Gasteiger partial charge in [0.05, 0.1) is 29.5 Å². The summed E-state index contributed by atoms with van der Waals surface area (Å²) in [6.45, 7) is 4.09. The number of amides is 1. The van der Waals surface area contributed by atoms with E-state index in [0.717, 1.165) is 18.2 Å². The Morgan fingerprint density at radius 2 is 1.87 bits per heavy atom. The van der Waals surface area contributed by atoms with E-state index >= 15 is 0 Å². The van der Waals surface area contributed by atoms with Crippen LogP contribution in [0.5, 0.6) is 0 Å². The first-order valence-corrected chi connectivity index (χ1v) is 11.0. The van der Waals surface area contributed by atoms with Crippen LogP contribution in [0.2, 0.25) is 0 Å². The minimum atomic E-state index is -0.527. The summed E-state index contributed by atoms with van der Waals surface area (Å²) in [7, 11) is 1.26. The molecule has 0 bridgehead atoms. The second kappa shape index (κ2) is 10.3. The maximum atomic E-state index is 13.3. The van der Waals surface area contributed by atoms with Gasteiger partial charge in [-0.15, -0.1) is 0 Å². The summed E-state index contributed by atoms with van der Waals surface area (Å²) in [6, 6.07) is 15.0. The molecule has 3 aromatic rings. The van der Waals surface area contributed by atoms with Gasteiger partial charge in [0.15, 0.2) is 5.16 Å². The maximum Gasteiger partial charge on any atom is 0.325 e. The van der Waals surface area contributed by atoms with Crippen molar-refractivity contribution >= 4 is 34.5 Å². The fourth-order valence-electron chi connectivity index (χ4n) is 3.05. The number of carbonyl (C=O) groups is 2. The topological polar surface area (TPSA) is 90.3 Å². The summed E-state index contributed by atoms with van der Waals surface area (Å²) in [5, 5.41) is 3.41. The number of nitrogens with one attached hydrogen (secondary N) is 1. The quantitative estimate of drug-likeness (QED) is 0.329. The number of carbonyl (C=O) groups excluding carboxylic acids is 2. The standard InChI is InChI=1S/C23H25N3O4S/c1-4-15(2)16-9-11-17(12-10-16)26-22(29)18-7-5-6-8-19(18)25-23(26)31-14-20(27)24-13-21(28)30-3/h5-12,15H,4,13-14H2,1-3H3,(H,24,27). The molecule has 8 heteroatoms. The third-order valence-corrected chi connectivity index (χ3v) is 6.01. The first-order valence-electron chi connectivity index (χ1n) is 10.0. The normalized spacial score (nSPS) is 11.8. The SMILES string of the molecule is CCC(C)c1ccc(-n2c(SCC(=O)NCC(=O)OC)nc3ccccc3c2=O)cc1. The zero-order valence-corrected chi connectivity index (χ0v) is 18.6. The lowest BCUT2D eigenvalue weighted by atomic mass is 9.98. The first-order chi connectivity index (χ1) is 14.9. The van der Waals surface area contributed by atoms with Gasteiger partial charge in [-0.3, -0.25) is 19.0 Å². The van der Waals surface area contributed by atoms with E-state index in [0.29, 0.717) is 27.7 Å². The number of rotatable bonds is 8. The predicted octanol–water partition coefficient (Wildman–Crippen LogP) is 3.28. The van der Waals surface area contributed by atoms with Crippen LogP contribution in [0.25, 0.3) is 16.6 Å². The van der Waals surface area contributed by atoms with Gasteiger partial charge in [0, 0.05) is 0 Å². The molecule has 1 atom stereocenters. The molecular weight excluding hydrogens is 414 g/mol. The molecule has 0 saturated heterocycles. The summed E-state index contributed by atoms with van der Waals surface area (Å²) < 4.78 is 6.05. The van der Waals surface area contributed by atoms with E-state index in [9.17, 15) is 14.4 Å².